The summed E-state index contributed by atoms with van der Waals surface area (Å²) in [5.41, 5.74) is 0.312. The molecule has 1 aromatic rings. The number of benzene rings is 1. The number of sulfonamides is 1. The number of carboxylic acid groups (broad SMARTS) is 1. The fourth-order valence-corrected chi connectivity index (χ4v) is 3.51. The molecular formula is C16H26N2O5S. The van der Waals surface area contributed by atoms with E-state index >= 15 is 0 Å². The van der Waals surface area contributed by atoms with Gasteiger partial charge in [0, 0.05) is 25.8 Å². The quantitative estimate of drug-likeness (QED) is 0.524. The Morgan fingerprint density at radius 3 is 2.62 bits per heavy atom. The van der Waals surface area contributed by atoms with Crippen LogP contribution >= 0.6 is 0 Å². The van der Waals surface area contributed by atoms with Crippen molar-refractivity contribution in [2.45, 2.75) is 44.6 Å². The fraction of sp³-hybridized carbons (Fsp3) is 0.562. The van der Waals surface area contributed by atoms with Crippen LogP contribution in [0, 0.1) is 0 Å². The zero-order chi connectivity index (χ0) is 18.2. The lowest BCUT2D eigenvalue weighted by molar-refractivity contribution is 0.0696. The third kappa shape index (κ3) is 6.10. The Morgan fingerprint density at radius 1 is 1.33 bits per heavy atom. The zero-order valence-corrected chi connectivity index (χ0v) is 15.1. The molecule has 24 heavy (non-hydrogen) atoms. The third-order valence-electron chi connectivity index (χ3n) is 3.47. The third-order valence-corrected chi connectivity index (χ3v) is 5.10. The van der Waals surface area contributed by atoms with Gasteiger partial charge in [-0.1, -0.05) is 6.92 Å². The van der Waals surface area contributed by atoms with Crippen LogP contribution < -0.4 is 10.0 Å². The summed E-state index contributed by atoms with van der Waals surface area (Å²) in [7, 11) is -3.81. The molecule has 0 unspecified atom stereocenters. The zero-order valence-electron chi connectivity index (χ0n) is 14.3. The number of rotatable bonds is 11. The van der Waals surface area contributed by atoms with Crippen molar-refractivity contribution in [3.05, 3.63) is 23.8 Å². The number of hydrogen-bond acceptors (Lipinski definition) is 5. The predicted molar refractivity (Wildman–Crippen MR) is 93.1 cm³/mol. The second-order valence-electron chi connectivity index (χ2n) is 5.42. The second kappa shape index (κ2) is 9.61. The highest BCUT2D eigenvalue weighted by Gasteiger charge is 2.22. The summed E-state index contributed by atoms with van der Waals surface area (Å²) in [6.07, 6.45) is 1.35. The van der Waals surface area contributed by atoms with Crippen LogP contribution in [0.3, 0.4) is 0 Å². The first-order chi connectivity index (χ1) is 11.3. The minimum absolute atomic E-state index is 0.0564. The molecule has 1 aromatic carbocycles. The summed E-state index contributed by atoms with van der Waals surface area (Å²) in [4.78, 5) is 11.1. The first-order valence-electron chi connectivity index (χ1n) is 8.03. The Morgan fingerprint density at radius 2 is 2.04 bits per heavy atom. The normalized spacial score (nSPS) is 12.8. The lowest BCUT2D eigenvalue weighted by Crippen LogP contribution is -2.32. The summed E-state index contributed by atoms with van der Waals surface area (Å²) >= 11 is 0. The molecule has 0 aliphatic heterocycles. The molecule has 8 heteroatoms. The van der Waals surface area contributed by atoms with Gasteiger partial charge in [0.05, 0.1) is 11.3 Å². The highest BCUT2D eigenvalue weighted by molar-refractivity contribution is 7.89. The highest BCUT2D eigenvalue weighted by Crippen LogP contribution is 2.23. The van der Waals surface area contributed by atoms with E-state index in [4.69, 9.17) is 9.84 Å². The molecule has 0 aromatic heterocycles. The van der Waals surface area contributed by atoms with E-state index in [1.807, 2.05) is 13.8 Å². The maximum Gasteiger partial charge on any atom is 0.335 e. The van der Waals surface area contributed by atoms with Crippen LogP contribution in [0.2, 0.25) is 0 Å². The van der Waals surface area contributed by atoms with Crippen molar-refractivity contribution in [3.8, 4) is 0 Å². The molecule has 1 rings (SSSR count). The van der Waals surface area contributed by atoms with Gasteiger partial charge in [0.15, 0.2) is 0 Å². The molecule has 0 saturated carbocycles. The molecule has 3 N–H and O–H groups in total. The summed E-state index contributed by atoms with van der Waals surface area (Å²) in [5.74, 6) is -1.17. The average molecular weight is 358 g/mol. The number of carbonyl (C=O) groups is 1. The van der Waals surface area contributed by atoms with Crippen LogP contribution in [0.5, 0.6) is 0 Å². The van der Waals surface area contributed by atoms with Crippen molar-refractivity contribution in [2.75, 3.05) is 25.1 Å². The molecule has 0 bridgehead atoms. The molecule has 0 saturated heterocycles. The summed E-state index contributed by atoms with van der Waals surface area (Å²) < 4.78 is 32.9. The Balaban J connectivity index is 3.03. The molecule has 0 aliphatic rings. The molecule has 0 fully saturated rings. The molecule has 7 nitrogen and oxygen atoms in total. The van der Waals surface area contributed by atoms with E-state index in [0.717, 1.165) is 0 Å². The van der Waals surface area contributed by atoms with Crippen molar-refractivity contribution < 1.29 is 23.1 Å². The second-order valence-corrected chi connectivity index (χ2v) is 7.11. The maximum atomic E-state index is 12.6. The Bertz CT molecular complexity index is 646. The number of nitrogens with one attached hydrogen (secondary N) is 2. The van der Waals surface area contributed by atoms with Gasteiger partial charge in [0.1, 0.15) is 4.90 Å². The molecule has 136 valence electrons. The van der Waals surface area contributed by atoms with Gasteiger partial charge < -0.3 is 15.2 Å². The molecule has 0 aliphatic carbocycles. The van der Waals surface area contributed by atoms with Gasteiger partial charge in [-0.2, -0.15) is 0 Å². The van der Waals surface area contributed by atoms with E-state index in [9.17, 15) is 13.2 Å². The van der Waals surface area contributed by atoms with Crippen LogP contribution in [0.25, 0.3) is 0 Å². The Kier molecular flexibility index (Phi) is 8.17. The van der Waals surface area contributed by atoms with E-state index in [2.05, 4.69) is 10.0 Å². The van der Waals surface area contributed by atoms with E-state index in [0.29, 0.717) is 38.3 Å². The molecule has 0 spiro atoms. The first kappa shape index (κ1) is 20.4. The van der Waals surface area contributed by atoms with Crippen molar-refractivity contribution in [3.63, 3.8) is 0 Å². The van der Waals surface area contributed by atoms with Gasteiger partial charge in [-0.25, -0.2) is 17.9 Å². The molecular weight excluding hydrogens is 332 g/mol. The van der Waals surface area contributed by atoms with Crippen LogP contribution in [0.1, 0.15) is 44.0 Å². The van der Waals surface area contributed by atoms with Gasteiger partial charge >= 0.3 is 5.97 Å². The number of aromatic carboxylic acids is 1. The monoisotopic (exact) mass is 358 g/mol. The van der Waals surface area contributed by atoms with Crippen LogP contribution in [0.15, 0.2) is 23.1 Å². The van der Waals surface area contributed by atoms with Crippen LogP contribution in [0.4, 0.5) is 5.69 Å². The van der Waals surface area contributed by atoms with Crippen LogP contribution in [-0.2, 0) is 14.8 Å². The van der Waals surface area contributed by atoms with Crippen molar-refractivity contribution in [2.24, 2.45) is 0 Å². The molecule has 0 radical (unpaired) electrons. The predicted octanol–water partition coefficient (Wildman–Crippen LogP) is 2.30. The minimum atomic E-state index is -3.81. The maximum absolute atomic E-state index is 12.6. The van der Waals surface area contributed by atoms with Gasteiger partial charge in [0.25, 0.3) is 0 Å². The summed E-state index contributed by atoms with van der Waals surface area (Å²) in [6.45, 7) is 7.26. The van der Waals surface area contributed by atoms with E-state index < -0.39 is 16.0 Å². The Labute approximate surface area is 143 Å². The Hall–Kier alpha value is -1.64. The number of anilines is 1. The number of hydrogen-bond donors (Lipinski definition) is 3. The summed E-state index contributed by atoms with van der Waals surface area (Å²) in [6, 6.07) is 3.80. The average Bonchev–Trinajstić information content (AvgIpc) is 2.54. The SMILES string of the molecule is CCOCCCNc1ccc(C(=O)O)cc1S(=O)(=O)N[C@@H](C)CC. The molecule has 0 heterocycles. The number of ether oxygens (including phenoxy) is 1. The lowest BCUT2D eigenvalue weighted by atomic mass is 10.2. The first-order valence-corrected chi connectivity index (χ1v) is 9.51. The topological polar surface area (TPSA) is 105 Å². The highest BCUT2D eigenvalue weighted by atomic mass is 32.2. The smallest absolute Gasteiger partial charge is 0.335 e. The lowest BCUT2D eigenvalue weighted by Gasteiger charge is -2.16. The van der Waals surface area contributed by atoms with Crippen molar-refractivity contribution in [1.29, 1.82) is 0 Å². The van der Waals surface area contributed by atoms with Crippen molar-refractivity contribution >= 4 is 21.7 Å². The van der Waals surface area contributed by atoms with Gasteiger partial charge in [-0.05, 0) is 44.9 Å². The van der Waals surface area contributed by atoms with E-state index in [-0.39, 0.29) is 16.5 Å². The van der Waals surface area contributed by atoms with E-state index in [1.165, 1.54) is 18.2 Å². The van der Waals surface area contributed by atoms with Gasteiger partial charge in [-0.15, -0.1) is 0 Å². The fourth-order valence-electron chi connectivity index (χ4n) is 1.98. The van der Waals surface area contributed by atoms with Gasteiger partial charge in [-0.3, -0.25) is 0 Å². The van der Waals surface area contributed by atoms with Crippen LogP contribution in [-0.4, -0.2) is 45.3 Å². The standard InChI is InChI=1S/C16H26N2O5S/c1-4-12(3)18-24(21,22)15-11-13(16(19)20)7-8-14(15)17-9-6-10-23-5-2/h7-8,11-12,17-18H,4-6,9-10H2,1-3H3,(H,19,20)/t12-/m0/s1. The number of carboxylic acids is 1. The minimum Gasteiger partial charge on any atom is -0.478 e. The van der Waals surface area contributed by atoms with Gasteiger partial charge in [0.2, 0.25) is 10.0 Å². The van der Waals surface area contributed by atoms with E-state index in [1.54, 1.807) is 6.92 Å². The molecule has 0 amide bonds. The van der Waals surface area contributed by atoms with Crippen molar-refractivity contribution in [1.82, 2.24) is 4.72 Å². The molecule has 1 atom stereocenters. The summed E-state index contributed by atoms with van der Waals surface area (Å²) in [5, 5.41) is 12.2. The largest absolute Gasteiger partial charge is 0.478 e.